The van der Waals surface area contributed by atoms with Gasteiger partial charge in [-0.15, -0.1) is 0 Å². The lowest BCUT2D eigenvalue weighted by molar-refractivity contribution is -0.142. The second kappa shape index (κ2) is 6.87. The van der Waals surface area contributed by atoms with Gasteiger partial charge in [-0.3, -0.25) is 9.80 Å². The Morgan fingerprint density at radius 2 is 1.78 bits per heavy atom. The van der Waals surface area contributed by atoms with E-state index in [1.54, 1.807) is 12.1 Å². The van der Waals surface area contributed by atoms with Crippen molar-refractivity contribution in [3.63, 3.8) is 0 Å². The summed E-state index contributed by atoms with van der Waals surface area (Å²) in [6.07, 6.45) is 1.27. The van der Waals surface area contributed by atoms with Crippen LogP contribution in [0.1, 0.15) is 34.8 Å². The number of hydrogen-bond acceptors (Lipinski definition) is 4. The molecule has 0 aromatic heterocycles. The van der Waals surface area contributed by atoms with E-state index in [9.17, 15) is 14.7 Å². The predicted molar refractivity (Wildman–Crippen MR) is 103 cm³/mol. The zero-order valence-corrected chi connectivity index (χ0v) is 15.1. The van der Waals surface area contributed by atoms with Gasteiger partial charge in [-0.1, -0.05) is 24.3 Å². The van der Waals surface area contributed by atoms with Gasteiger partial charge in [-0.05, 0) is 42.3 Å². The molecule has 0 aliphatic carbocycles. The molecular weight excluding hydrogens is 342 g/mol. The molecule has 2 aromatic rings. The van der Waals surface area contributed by atoms with Crippen molar-refractivity contribution in [2.75, 3.05) is 11.6 Å². The summed E-state index contributed by atoms with van der Waals surface area (Å²) in [5.74, 6) is -1.24. The first-order valence-electron chi connectivity index (χ1n) is 9.05. The summed E-state index contributed by atoms with van der Waals surface area (Å²) in [4.78, 5) is 26.2. The van der Waals surface area contributed by atoms with Gasteiger partial charge in [0.15, 0.2) is 0 Å². The van der Waals surface area contributed by atoms with Crippen molar-refractivity contribution in [3.05, 3.63) is 65.2 Å². The Morgan fingerprint density at radius 3 is 2.41 bits per heavy atom. The number of nitrogens with zero attached hydrogens (tertiary/aromatic N) is 3. The Labute approximate surface area is 157 Å². The molecule has 2 aromatic carbocycles. The van der Waals surface area contributed by atoms with Crippen molar-refractivity contribution in [1.29, 1.82) is 0 Å². The average molecular weight is 363 g/mol. The van der Waals surface area contributed by atoms with E-state index in [-0.39, 0.29) is 5.91 Å². The Hall–Kier alpha value is -3.15. The van der Waals surface area contributed by atoms with E-state index in [4.69, 9.17) is 0 Å². The summed E-state index contributed by atoms with van der Waals surface area (Å²) in [6.45, 7) is 3.14. The van der Waals surface area contributed by atoms with Crippen LogP contribution in [0, 0.1) is 0 Å². The van der Waals surface area contributed by atoms with Crippen LogP contribution in [0.2, 0.25) is 0 Å². The van der Waals surface area contributed by atoms with E-state index in [0.717, 1.165) is 35.5 Å². The predicted octanol–water partition coefficient (Wildman–Crippen LogP) is 2.92. The molecule has 1 unspecified atom stereocenters. The van der Waals surface area contributed by atoms with Gasteiger partial charge in [0.25, 0.3) is 5.91 Å². The van der Waals surface area contributed by atoms with E-state index < -0.39 is 12.0 Å². The number of carbonyl (C=O) groups excluding carboxylic acids is 1. The number of hydrogen-bond donors (Lipinski definition) is 1. The van der Waals surface area contributed by atoms with Crippen molar-refractivity contribution in [2.45, 2.75) is 32.4 Å². The van der Waals surface area contributed by atoms with Crippen LogP contribution in [0.3, 0.4) is 0 Å². The molecule has 0 fully saturated rings. The molecule has 1 N–H and O–H groups in total. The number of carboxylic acid groups (broad SMARTS) is 1. The summed E-state index contributed by atoms with van der Waals surface area (Å²) in [6, 6.07) is 14.1. The minimum atomic E-state index is -0.976. The van der Waals surface area contributed by atoms with Crippen LogP contribution in [0.15, 0.2) is 53.6 Å². The fraction of sp³-hybridized carbons (Fsp3) is 0.286. The molecule has 6 heteroatoms. The summed E-state index contributed by atoms with van der Waals surface area (Å²) in [5.41, 5.74) is 4.51. The molecule has 2 aliphatic rings. The third kappa shape index (κ3) is 3.30. The summed E-state index contributed by atoms with van der Waals surface area (Å²) in [5, 5.41) is 16.0. The summed E-state index contributed by atoms with van der Waals surface area (Å²) in [7, 11) is 0. The van der Waals surface area contributed by atoms with Crippen LogP contribution in [-0.4, -0.2) is 40.2 Å². The smallest absolute Gasteiger partial charge is 0.326 e. The number of rotatable bonds is 3. The van der Waals surface area contributed by atoms with Crippen molar-refractivity contribution < 1.29 is 14.7 Å². The van der Waals surface area contributed by atoms with Crippen molar-refractivity contribution >= 4 is 23.3 Å². The lowest BCUT2D eigenvalue weighted by Gasteiger charge is -2.34. The Bertz CT molecular complexity index is 921. The highest BCUT2D eigenvalue weighted by atomic mass is 16.4. The van der Waals surface area contributed by atoms with E-state index >= 15 is 0 Å². The molecule has 2 aliphatic heterocycles. The molecule has 4 rings (SSSR count). The van der Waals surface area contributed by atoms with Crippen LogP contribution >= 0.6 is 0 Å². The van der Waals surface area contributed by atoms with Crippen LogP contribution in [0.4, 0.5) is 5.69 Å². The van der Waals surface area contributed by atoms with Crippen molar-refractivity contribution in [3.8, 4) is 0 Å². The van der Waals surface area contributed by atoms with Crippen LogP contribution in [-0.2, 0) is 17.8 Å². The summed E-state index contributed by atoms with van der Waals surface area (Å²) >= 11 is 0. The summed E-state index contributed by atoms with van der Waals surface area (Å²) < 4.78 is 0. The van der Waals surface area contributed by atoms with Crippen LogP contribution in [0.5, 0.6) is 0 Å². The highest BCUT2D eigenvalue weighted by molar-refractivity contribution is 5.97. The van der Waals surface area contributed by atoms with Gasteiger partial charge in [0.05, 0.1) is 5.69 Å². The Morgan fingerprint density at radius 1 is 1.07 bits per heavy atom. The van der Waals surface area contributed by atoms with Gasteiger partial charge in [0, 0.05) is 37.2 Å². The van der Waals surface area contributed by atoms with Gasteiger partial charge in [0.1, 0.15) is 6.04 Å². The van der Waals surface area contributed by atoms with E-state index in [2.05, 4.69) is 5.10 Å². The monoisotopic (exact) mass is 363 g/mol. The number of fused-ring (bicyclic) bond motifs is 1. The minimum absolute atomic E-state index is 0.260. The molecule has 0 saturated carbocycles. The maximum atomic E-state index is 13.0. The average Bonchev–Trinajstić information content (AvgIpc) is 3.13. The third-order valence-electron chi connectivity index (χ3n) is 5.18. The molecule has 138 valence electrons. The number of amides is 1. The lowest BCUT2D eigenvalue weighted by atomic mass is 9.93. The lowest BCUT2D eigenvalue weighted by Crippen LogP contribution is -2.48. The molecule has 1 atom stereocenters. The maximum absolute atomic E-state index is 13.0. The second-order valence-electron chi connectivity index (χ2n) is 7.02. The Balaban J connectivity index is 1.58. The SMILES string of the molecule is CC1=NN(c2ccc(C(=O)N3Cc4ccccc4CC3C(=O)O)cc2)CC1. The second-order valence-corrected chi connectivity index (χ2v) is 7.02. The normalized spacial score (nSPS) is 18.9. The zero-order valence-electron chi connectivity index (χ0n) is 15.1. The quantitative estimate of drug-likeness (QED) is 0.910. The molecular formula is C21H21N3O3. The van der Waals surface area contributed by atoms with Crippen LogP contribution in [0.25, 0.3) is 0 Å². The van der Waals surface area contributed by atoms with Gasteiger partial charge in [-0.2, -0.15) is 5.10 Å². The Kier molecular flexibility index (Phi) is 4.39. The van der Waals surface area contributed by atoms with Crippen molar-refractivity contribution in [1.82, 2.24) is 4.90 Å². The molecule has 1 amide bonds. The van der Waals surface area contributed by atoms with Crippen LogP contribution < -0.4 is 5.01 Å². The number of hydrazone groups is 1. The molecule has 0 bridgehead atoms. The first-order valence-corrected chi connectivity index (χ1v) is 9.05. The van der Waals surface area contributed by atoms with Gasteiger partial charge in [-0.25, -0.2) is 4.79 Å². The zero-order chi connectivity index (χ0) is 19.0. The molecule has 0 saturated heterocycles. The topological polar surface area (TPSA) is 73.2 Å². The molecule has 27 heavy (non-hydrogen) atoms. The number of anilines is 1. The number of carbonyl (C=O) groups is 2. The minimum Gasteiger partial charge on any atom is -0.480 e. The fourth-order valence-electron chi connectivity index (χ4n) is 3.66. The highest BCUT2D eigenvalue weighted by Gasteiger charge is 2.34. The first kappa shape index (κ1) is 17.3. The number of aliphatic carboxylic acids is 1. The van der Waals surface area contributed by atoms with Gasteiger partial charge in [0.2, 0.25) is 0 Å². The maximum Gasteiger partial charge on any atom is 0.326 e. The van der Waals surface area contributed by atoms with E-state index in [0.29, 0.717) is 18.5 Å². The number of carboxylic acids is 1. The fourth-order valence-corrected chi connectivity index (χ4v) is 3.66. The molecule has 0 radical (unpaired) electrons. The van der Waals surface area contributed by atoms with E-state index in [1.165, 1.54) is 4.90 Å². The third-order valence-corrected chi connectivity index (χ3v) is 5.18. The highest BCUT2D eigenvalue weighted by Crippen LogP contribution is 2.26. The largest absolute Gasteiger partial charge is 0.480 e. The molecule has 6 nitrogen and oxygen atoms in total. The molecule has 0 spiro atoms. The number of benzene rings is 2. The van der Waals surface area contributed by atoms with Crippen molar-refractivity contribution in [2.24, 2.45) is 5.10 Å². The van der Waals surface area contributed by atoms with Gasteiger partial charge >= 0.3 is 5.97 Å². The standard InChI is InChI=1S/C21H21N3O3/c1-14-10-11-24(22-14)18-8-6-15(7-9-18)20(25)23-13-17-5-3-2-4-16(17)12-19(23)21(26)27/h2-9,19H,10-13H2,1H3,(H,26,27). The van der Waals surface area contributed by atoms with E-state index in [1.807, 2.05) is 48.3 Å². The molecule has 2 heterocycles. The van der Waals surface area contributed by atoms with Gasteiger partial charge < -0.3 is 10.0 Å². The first-order chi connectivity index (χ1) is 13.0.